The zero-order valence-corrected chi connectivity index (χ0v) is 14.0. The number of benzene rings is 1. The molecule has 6 nitrogen and oxygen atoms in total. The van der Waals surface area contributed by atoms with Crippen molar-refractivity contribution in [1.82, 2.24) is 5.16 Å². The highest BCUT2D eigenvalue weighted by Gasteiger charge is 2.14. The summed E-state index contributed by atoms with van der Waals surface area (Å²) < 4.78 is 4.86. The zero-order chi connectivity index (χ0) is 17.0. The summed E-state index contributed by atoms with van der Waals surface area (Å²) in [4.78, 5) is 23.4. The Labute approximate surface area is 139 Å². The first-order chi connectivity index (χ1) is 10.9. The van der Waals surface area contributed by atoms with E-state index >= 15 is 0 Å². The van der Waals surface area contributed by atoms with Gasteiger partial charge in [0, 0.05) is 18.9 Å². The fourth-order valence-corrected chi connectivity index (χ4v) is 2.42. The predicted octanol–water partition coefficient (Wildman–Crippen LogP) is 3.47. The van der Waals surface area contributed by atoms with E-state index < -0.39 is 0 Å². The maximum Gasteiger partial charge on any atom is 0.229 e. The molecule has 0 aliphatic carbocycles. The molecule has 0 unspecified atom stereocenters. The van der Waals surface area contributed by atoms with Crippen LogP contribution in [-0.2, 0) is 16.0 Å². The van der Waals surface area contributed by atoms with Crippen molar-refractivity contribution in [3.8, 4) is 0 Å². The maximum absolute atomic E-state index is 12.2. The molecule has 0 radical (unpaired) electrons. The van der Waals surface area contributed by atoms with E-state index in [0.29, 0.717) is 23.5 Å². The average molecular weight is 336 g/mol. The number of aromatic nitrogens is 1. The lowest BCUT2D eigenvalue weighted by Gasteiger charge is -2.12. The summed E-state index contributed by atoms with van der Waals surface area (Å²) in [6.07, 6.45) is 0.663. The Bertz CT molecular complexity index is 721. The third kappa shape index (κ3) is 4.56. The molecule has 23 heavy (non-hydrogen) atoms. The molecule has 0 aliphatic heterocycles. The Kier molecular flexibility index (Phi) is 5.39. The number of nitrogens with one attached hydrogen (secondary N) is 2. The van der Waals surface area contributed by atoms with Crippen LogP contribution in [0.1, 0.15) is 30.2 Å². The van der Waals surface area contributed by atoms with Crippen LogP contribution in [0, 0.1) is 13.8 Å². The SMILES string of the molecule is CC(=O)Nc1ccc(C)cc1NC(=O)CCc1c(C)noc1Cl. The van der Waals surface area contributed by atoms with Crippen molar-refractivity contribution in [2.24, 2.45) is 0 Å². The van der Waals surface area contributed by atoms with Gasteiger partial charge in [0.05, 0.1) is 17.1 Å². The largest absolute Gasteiger partial charge is 0.344 e. The molecule has 0 saturated heterocycles. The van der Waals surface area contributed by atoms with Crippen molar-refractivity contribution in [3.05, 3.63) is 40.2 Å². The number of aryl methyl sites for hydroxylation is 2. The molecule has 0 aliphatic rings. The van der Waals surface area contributed by atoms with Crippen LogP contribution >= 0.6 is 11.6 Å². The topological polar surface area (TPSA) is 84.2 Å². The number of amides is 2. The van der Waals surface area contributed by atoms with Crippen LogP contribution < -0.4 is 10.6 Å². The first-order valence-electron chi connectivity index (χ1n) is 7.15. The Morgan fingerprint density at radius 3 is 2.57 bits per heavy atom. The van der Waals surface area contributed by atoms with Gasteiger partial charge in [-0.3, -0.25) is 9.59 Å². The first-order valence-corrected chi connectivity index (χ1v) is 7.53. The fraction of sp³-hybridized carbons (Fsp3) is 0.312. The molecule has 2 N–H and O–H groups in total. The van der Waals surface area contributed by atoms with E-state index in [0.717, 1.165) is 11.1 Å². The number of hydrogen-bond acceptors (Lipinski definition) is 4. The van der Waals surface area contributed by atoms with Crippen molar-refractivity contribution in [2.75, 3.05) is 10.6 Å². The Hall–Kier alpha value is -2.34. The Morgan fingerprint density at radius 1 is 1.22 bits per heavy atom. The molecule has 1 aromatic heterocycles. The van der Waals surface area contributed by atoms with E-state index in [4.69, 9.17) is 16.1 Å². The molecule has 122 valence electrons. The van der Waals surface area contributed by atoms with Gasteiger partial charge in [-0.15, -0.1) is 0 Å². The Balaban J connectivity index is 2.05. The molecule has 0 bridgehead atoms. The number of anilines is 2. The minimum Gasteiger partial charge on any atom is -0.344 e. The molecule has 0 fully saturated rings. The van der Waals surface area contributed by atoms with Crippen LogP contribution in [0.3, 0.4) is 0 Å². The number of hydrogen-bond donors (Lipinski definition) is 2. The third-order valence-corrected chi connectivity index (χ3v) is 3.60. The molecular weight excluding hydrogens is 318 g/mol. The van der Waals surface area contributed by atoms with Crippen molar-refractivity contribution in [2.45, 2.75) is 33.6 Å². The second kappa shape index (κ2) is 7.28. The van der Waals surface area contributed by atoms with Crippen LogP contribution in [0.25, 0.3) is 0 Å². The average Bonchev–Trinajstić information content (AvgIpc) is 2.78. The summed E-state index contributed by atoms with van der Waals surface area (Å²) in [7, 11) is 0. The summed E-state index contributed by atoms with van der Waals surface area (Å²) >= 11 is 5.88. The normalized spacial score (nSPS) is 10.4. The summed E-state index contributed by atoms with van der Waals surface area (Å²) in [5, 5.41) is 9.47. The second-order valence-corrected chi connectivity index (χ2v) is 5.64. The molecule has 0 spiro atoms. The molecular formula is C16H18ClN3O3. The molecule has 2 amide bonds. The highest BCUT2D eigenvalue weighted by molar-refractivity contribution is 6.29. The molecule has 1 aromatic carbocycles. The van der Waals surface area contributed by atoms with Gasteiger partial charge in [0.15, 0.2) is 0 Å². The minimum absolute atomic E-state index is 0.182. The second-order valence-electron chi connectivity index (χ2n) is 5.30. The van der Waals surface area contributed by atoms with Gasteiger partial charge >= 0.3 is 0 Å². The lowest BCUT2D eigenvalue weighted by Crippen LogP contribution is -2.15. The van der Waals surface area contributed by atoms with E-state index in [9.17, 15) is 9.59 Å². The van der Waals surface area contributed by atoms with Gasteiger partial charge in [0.2, 0.25) is 17.0 Å². The summed E-state index contributed by atoms with van der Waals surface area (Å²) in [6, 6.07) is 5.43. The number of rotatable bonds is 5. The van der Waals surface area contributed by atoms with Crippen LogP contribution in [-0.4, -0.2) is 17.0 Å². The van der Waals surface area contributed by atoms with Gasteiger partial charge in [0.1, 0.15) is 0 Å². The number of carbonyl (C=O) groups excluding carboxylic acids is 2. The lowest BCUT2D eigenvalue weighted by molar-refractivity contribution is -0.116. The standard InChI is InChI=1S/C16H18ClN3O3/c1-9-4-6-13(18-11(3)21)14(8-9)19-15(22)7-5-12-10(2)20-23-16(12)17/h4,6,8H,5,7H2,1-3H3,(H,18,21)(H,19,22). The third-order valence-electron chi connectivity index (χ3n) is 3.30. The maximum atomic E-state index is 12.2. The van der Waals surface area contributed by atoms with E-state index in [1.807, 2.05) is 13.0 Å². The summed E-state index contributed by atoms with van der Waals surface area (Å²) in [6.45, 7) is 5.10. The van der Waals surface area contributed by atoms with Crippen LogP contribution in [0.4, 0.5) is 11.4 Å². The molecule has 2 rings (SSSR count). The summed E-state index contributed by atoms with van der Waals surface area (Å²) in [5.74, 6) is -0.380. The minimum atomic E-state index is -0.198. The van der Waals surface area contributed by atoms with Gasteiger partial charge in [-0.2, -0.15) is 0 Å². The van der Waals surface area contributed by atoms with Gasteiger partial charge < -0.3 is 15.2 Å². The monoisotopic (exact) mass is 335 g/mol. The van der Waals surface area contributed by atoms with Gasteiger partial charge in [-0.25, -0.2) is 0 Å². The number of nitrogens with zero attached hydrogens (tertiary/aromatic N) is 1. The van der Waals surface area contributed by atoms with Gasteiger partial charge in [0.25, 0.3) is 0 Å². The molecule has 2 aromatic rings. The van der Waals surface area contributed by atoms with Crippen molar-refractivity contribution < 1.29 is 14.1 Å². The van der Waals surface area contributed by atoms with Crippen molar-refractivity contribution in [1.29, 1.82) is 0 Å². The van der Waals surface area contributed by atoms with Gasteiger partial charge in [-0.05, 0) is 49.6 Å². The molecule has 0 saturated carbocycles. The molecule has 0 atom stereocenters. The number of carbonyl (C=O) groups is 2. The highest BCUT2D eigenvalue weighted by Crippen LogP contribution is 2.24. The molecule has 1 heterocycles. The van der Waals surface area contributed by atoms with Gasteiger partial charge in [-0.1, -0.05) is 11.2 Å². The van der Waals surface area contributed by atoms with Crippen LogP contribution in [0.15, 0.2) is 22.7 Å². The van der Waals surface area contributed by atoms with Crippen LogP contribution in [0.5, 0.6) is 0 Å². The zero-order valence-electron chi connectivity index (χ0n) is 13.2. The van der Waals surface area contributed by atoms with Crippen molar-refractivity contribution in [3.63, 3.8) is 0 Å². The summed E-state index contributed by atoms with van der Waals surface area (Å²) in [5.41, 5.74) is 3.52. The first kappa shape index (κ1) is 17.0. The Morgan fingerprint density at radius 2 is 1.96 bits per heavy atom. The smallest absolute Gasteiger partial charge is 0.229 e. The quantitative estimate of drug-likeness (QED) is 0.876. The predicted molar refractivity (Wildman–Crippen MR) is 88.7 cm³/mol. The fourth-order valence-electron chi connectivity index (χ4n) is 2.15. The molecule has 7 heteroatoms. The highest BCUT2D eigenvalue weighted by atomic mass is 35.5. The van der Waals surface area contributed by atoms with E-state index in [2.05, 4.69) is 15.8 Å². The van der Waals surface area contributed by atoms with E-state index in [-0.39, 0.29) is 23.5 Å². The van der Waals surface area contributed by atoms with Crippen molar-refractivity contribution >= 4 is 34.8 Å². The van der Waals surface area contributed by atoms with E-state index in [1.165, 1.54) is 6.92 Å². The lowest BCUT2D eigenvalue weighted by atomic mass is 10.1. The van der Waals surface area contributed by atoms with E-state index in [1.54, 1.807) is 19.1 Å². The van der Waals surface area contributed by atoms with Crippen LogP contribution in [0.2, 0.25) is 5.22 Å². The number of halogens is 1.